The third-order valence-corrected chi connectivity index (χ3v) is 5.58. The smallest absolute Gasteiger partial charge is 0.341 e. The maximum absolute atomic E-state index is 12.8. The van der Waals surface area contributed by atoms with Gasteiger partial charge in [-0.2, -0.15) is 0 Å². The lowest BCUT2D eigenvalue weighted by molar-refractivity contribution is 0.0695. The van der Waals surface area contributed by atoms with Crippen LogP contribution in [0.3, 0.4) is 0 Å². The molecule has 0 saturated carbocycles. The van der Waals surface area contributed by atoms with Gasteiger partial charge in [0.2, 0.25) is 5.43 Å². The van der Waals surface area contributed by atoms with Gasteiger partial charge >= 0.3 is 5.97 Å². The Kier molecular flexibility index (Phi) is 5.68. The van der Waals surface area contributed by atoms with Gasteiger partial charge < -0.3 is 9.67 Å². The Hall–Kier alpha value is -3.37. The molecule has 0 aliphatic carbocycles. The van der Waals surface area contributed by atoms with Gasteiger partial charge in [0.1, 0.15) is 5.56 Å². The molecule has 1 N–H and O–H groups in total. The van der Waals surface area contributed by atoms with Gasteiger partial charge in [-0.25, -0.2) is 4.79 Å². The third kappa shape index (κ3) is 4.14. The fourth-order valence-corrected chi connectivity index (χ4v) is 3.85. The summed E-state index contributed by atoms with van der Waals surface area (Å²) in [5, 5.41) is 10.6. The summed E-state index contributed by atoms with van der Waals surface area (Å²) in [5.41, 5.74) is 3.06. The van der Waals surface area contributed by atoms with Crippen molar-refractivity contribution in [2.75, 3.05) is 0 Å². The van der Waals surface area contributed by atoms with Gasteiger partial charge in [-0.05, 0) is 47.7 Å². The highest BCUT2D eigenvalue weighted by molar-refractivity contribution is 6.31. The first-order chi connectivity index (χ1) is 14.5. The van der Waals surface area contributed by atoms with Crippen LogP contribution in [-0.2, 0) is 19.4 Å². The minimum atomic E-state index is -1.22. The molecule has 30 heavy (non-hydrogen) atoms. The number of halogens is 1. The highest BCUT2D eigenvalue weighted by Crippen LogP contribution is 2.22. The minimum Gasteiger partial charge on any atom is -0.477 e. The Morgan fingerprint density at radius 3 is 2.40 bits per heavy atom. The van der Waals surface area contributed by atoms with Crippen LogP contribution >= 0.6 is 11.6 Å². The lowest BCUT2D eigenvalue weighted by atomic mass is 10.0. The van der Waals surface area contributed by atoms with Gasteiger partial charge in [-0.15, -0.1) is 0 Å². The highest BCUT2D eigenvalue weighted by atomic mass is 35.5. The largest absolute Gasteiger partial charge is 0.477 e. The zero-order valence-electron chi connectivity index (χ0n) is 16.2. The molecule has 4 nitrogen and oxygen atoms in total. The van der Waals surface area contributed by atoms with E-state index in [1.165, 1.54) is 6.20 Å². The molecule has 0 unspecified atom stereocenters. The predicted molar refractivity (Wildman–Crippen MR) is 120 cm³/mol. The van der Waals surface area contributed by atoms with Crippen molar-refractivity contribution in [1.82, 2.24) is 4.57 Å². The number of hydrogen-bond acceptors (Lipinski definition) is 2. The van der Waals surface area contributed by atoms with Gasteiger partial charge in [0.15, 0.2) is 0 Å². The van der Waals surface area contributed by atoms with E-state index < -0.39 is 11.4 Å². The number of rotatable bonds is 6. The van der Waals surface area contributed by atoms with E-state index in [0.29, 0.717) is 23.4 Å². The summed E-state index contributed by atoms with van der Waals surface area (Å²) in [6.07, 6.45) is 2.75. The Labute approximate surface area is 179 Å². The van der Waals surface area contributed by atoms with Crippen molar-refractivity contribution in [3.8, 4) is 0 Å². The maximum Gasteiger partial charge on any atom is 0.341 e. The first kappa shape index (κ1) is 19.9. The maximum atomic E-state index is 12.8. The predicted octanol–water partition coefficient (Wildman–Crippen LogP) is 5.19. The Balaban J connectivity index is 1.76. The number of nitrogens with zero attached hydrogens (tertiary/aromatic N) is 1. The summed E-state index contributed by atoms with van der Waals surface area (Å²) >= 11 is 6.27. The molecule has 0 atom stereocenters. The SMILES string of the molecule is O=C(O)c1cn(CCc2ccccc2)c2ccc(Cc3ccccc3Cl)cc2c1=O. The number of aromatic carboxylic acids is 1. The molecule has 5 heteroatoms. The molecule has 0 radical (unpaired) electrons. The monoisotopic (exact) mass is 417 g/mol. The van der Waals surface area contributed by atoms with E-state index in [-0.39, 0.29) is 5.56 Å². The van der Waals surface area contributed by atoms with Crippen LogP contribution in [0, 0.1) is 0 Å². The summed E-state index contributed by atoms with van der Waals surface area (Å²) in [7, 11) is 0. The van der Waals surface area contributed by atoms with E-state index in [0.717, 1.165) is 28.6 Å². The van der Waals surface area contributed by atoms with Gasteiger partial charge in [-0.1, -0.05) is 66.2 Å². The molecule has 1 aromatic heterocycles. The molecule has 0 fully saturated rings. The fourth-order valence-electron chi connectivity index (χ4n) is 3.65. The number of hydrogen-bond donors (Lipinski definition) is 1. The molecular weight excluding hydrogens is 398 g/mol. The van der Waals surface area contributed by atoms with E-state index in [2.05, 4.69) is 0 Å². The standard InChI is InChI=1S/C25H20ClNO3/c26-22-9-5-4-8-19(22)14-18-10-11-23-20(15-18)24(28)21(25(29)30)16-27(23)13-12-17-6-2-1-3-7-17/h1-11,15-16H,12-14H2,(H,29,30). The van der Waals surface area contributed by atoms with Gasteiger partial charge in [0.25, 0.3) is 0 Å². The molecule has 4 rings (SSSR count). The average molecular weight is 418 g/mol. The van der Waals surface area contributed by atoms with Crippen molar-refractivity contribution >= 4 is 28.5 Å². The first-order valence-electron chi connectivity index (χ1n) is 9.69. The fraction of sp³-hybridized carbons (Fsp3) is 0.120. The number of aromatic nitrogens is 1. The molecule has 4 aromatic rings. The van der Waals surface area contributed by atoms with Gasteiger partial charge in [0, 0.05) is 23.2 Å². The summed E-state index contributed by atoms with van der Waals surface area (Å²) in [6.45, 7) is 0.574. The number of carboxylic acid groups (broad SMARTS) is 1. The average Bonchev–Trinajstić information content (AvgIpc) is 2.75. The third-order valence-electron chi connectivity index (χ3n) is 5.21. The summed E-state index contributed by atoms with van der Waals surface area (Å²) in [5.74, 6) is -1.22. The van der Waals surface area contributed by atoms with Crippen molar-refractivity contribution in [2.45, 2.75) is 19.4 Å². The van der Waals surface area contributed by atoms with Crippen LogP contribution < -0.4 is 5.43 Å². The lowest BCUT2D eigenvalue weighted by Crippen LogP contribution is -2.19. The van der Waals surface area contributed by atoms with Crippen molar-refractivity contribution in [3.05, 3.63) is 116 Å². The summed E-state index contributed by atoms with van der Waals surface area (Å²) < 4.78 is 1.85. The molecule has 0 aliphatic rings. The quantitative estimate of drug-likeness (QED) is 0.470. The topological polar surface area (TPSA) is 59.3 Å². The van der Waals surface area contributed by atoms with E-state index in [1.54, 1.807) is 6.07 Å². The van der Waals surface area contributed by atoms with Crippen LogP contribution in [0.5, 0.6) is 0 Å². The second-order valence-electron chi connectivity index (χ2n) is 7.23. The minimum absolute atomic E-state index is 0.217. The van der Waals surface area contributed by atoms with Crippen molar-refractivity contribution < 1.29 is 9.90 Å². The molecule has 0 spiro atoms. The van der Waals surface area contributed by atoms with E-state index in [1.807, 2.05) is 71.3 Å². The lowest BCUT2D eigenvalue weighted by Gasteiger charge is -2.14. The summed E-state index contributed by atoms with van der Waals surface area (Å²) in [6, 6.07) is 23.2. The van der Waals surface area contributed by atoms with E-state index >= 15 is 0 Å². The number of benzene rings is 3. The molecule has 3 aromatic carbocycles. The number of pyridine rings is 1. The second-order valence-corrected chi connectivity index (χ2v) is 7.63. The Morgan fingerprint density at radius 1 is 0.933 bits per heavy atom. The number of aryl methyl sites for hydroxylation is 2. The van der Waals surface area contributed by atoms with Crippen LogP contribution in [-0.4, -0.2) is 15.6 Å². The molecule has 0 saturated heterocycles. The molecule has 150 valence electrons. The van der Waals surface area contributed by atoms with Crippen LogP contribution in [0.15, 0.2) is 83.8 Å². The van der Waals surface area contributed by atoms with E-state index in [4.69, 9.17) is 11.6 Å². The van der Waals surface area contributed by atoms with E-state index in [9.17, 15) is 14.7 Å². The molecular formula is C25H20ClNO3. The van der Waals surface area contributed by atoms with Gasteiger partial charge in [-0.3, -0.25) is 4.79 Å². The second kappa shape index (κ2) is 8.56. The van der Waals surface area contributed by atoms with Crippen LogP contribution in [0.25, 0.3) is 10.9 Å². The van der Waals surface area contributed by atoms with Crippen LogP contribution in [0.1, 0.15) is 27.0 Å². The number of carboxylic acids is 1. The van der Waals surface area contributed by atoms with Crippen molar-refractivity contribution in [2.24, 2.45) is 0 Å². The zero-order chi connectivity index (χ0) is 21.1. The first-order valence-corrected chi connectivity index (χ1v) is 10.1. The Morgan fingerprint density at radius 2 is 1.67 bits per heavy atom. The van der Waals surface area contributed by atoms with Crippen molar-refractivity contribution in [1.29, 1.82) is 0 Å². The normalized spacial score (nSPS) is 11.0. The molecule has 0 bridgehead atoms. The summed E-state index contributed by atoms with van der Waals surface area (Å²) in [4.78, 5) is 24.5. The number of carbonyl (C=O) groups is 1. The van der Waals surface area contributed by atoms with Crippen LogP contribution in [0.2, 0.25) is 5.02 Å². The zero-order valence-corrected chi connectivity index (χ0v) is 17.0. The van der Waals surface area contributed by atoms with Gasteiger partial charge in [0.05, 0.1) is 5.52 Å². The van der Waals surface area contributed by atoms with Crippen molar-refractivity contribution in [3.63, 3.8) is 0 Å². The number of fused-ring (bicyclic) bond motifs is 1. The molecule has 0 amide bonds. The van der Waals surface area contributed by atoms with Crippen LogP contribution in [0.4, 0.5) is 0 Å². The highest BCUT2D eigenvalue weighted by Gasteiger charge is 2.15. The molecule has 0 aliphatic heterocycles. The molecule has 1 heterocycles. The Bertz CT molecular complexity index is 1280.